The minimum absolute atomic E-state index is 0.269. The molecule has 88 valence electrons. The fourth-order valence-electron chi connectivity index (χ4n) is 2.33. The molecule has 2 N–H and O–H groups in total. The molecular formula is C11H17N3OS. The highest BCUT2D eigenvalue weighted by Gasteiger charge is 2.31. The quantitative estimate of drug-likeness (QED) is 0.872. The molecule has 2 aliphatic rings. The minimum atomic E-state index is 0.269. The summed E-state index contributed by atoms with van der Waals surface area (Å²) >= 11 is 1.39. The fraction of sp³-hybridized carbons (Fsp3) is 0.818. The van der Waals surface area contributed by atoms with Gasteiger partial charge in [0.15, 0.2) is 0 Å². The highest BCUT2D eigenvalue weighted by molar-refractivity contribution is 7.07. The van der Waals surface area contributed by atoms with Crippen molar-refractivity contribution in [2.24, 2.45) is 11.7 Å². The third kappa shape index (κ3) is 2.06. The van der Waals surface area contributed by atoms with Crippen molar-refractivity contribution in [3.63, 3.8) is 0 Å². The summed E-state index contributed by atoms with van der Waals surface area (Å²) in [6.45, 7) is 0.721. The summed E-state index contributed by atoms with van der Waals surface area (Å²) in [6.07, 6.45) is 6.28. The standard InChI is InChI=1S/C11H17N3OS/c12-6-8-2-1-3-9(8)15-11-13-10(14-16-11)7-4-5-7/h7-9H,1-6,12H2. The number of aromatic nitrogens is 2. The van der Waals surface area contributed by atoms with E-state index < -0.39 is 0 Å². The number of nitrogens with two attached hydrogens (primary N) is 1. The predicted molar refractivity (Wildman–Crippen MR) is 62.7 cm³/mol. The van der Waals surface area contributed by atoms with Gasteiger partial charge in [0.25, 0.3) is 5.19 Å². The lowest BCUT2D eigenvalue weighted by molar-refractivity contribution is 0.161. The van der Waals surface area contributed by atoms with Crippen molar-refractivity contribution in [3.05, 3.63) is 5.82 Å². The number of nitrogens with zero attached hydrogens (tertiary/aromatic N) is 2. The Morgan fingerprint density at radius 1 is 1.31 bits per heavy atom. The molecule has 1 aromatic heterocycles. The van der Waals surface area contributed by atoms with Crippen LogP contribution in [-0.4, -0.2) is 22.0 Å². The highest BCUT2D eigenvalue weighted by atomic mass is 32.1. The SMILES string of the molecule is NCC1CCCC1Oc1nc(C2CC2)ns1. The van der Waals surface area contributed by atoms with Gasteiger partial charge >= 0.3 is 0 Å². The number of hydrogen-bond donors (Lipinski definition) is 1. The monoisotopic (exact) mass is 239 g/mol. The first kappa shape index (κ1) is 10.5. The number of rotatable bonds is 4. The summed E-state index contributed by atoms with van der Waals surface area (Å²) in [5, 5.41) is 0.743. The van der Waals surface area contributed by atoms with Gasteiger partial charge in [0.1, 0.15) is 11.9 Å². The molecule has 0 radical (unpaired) electrons. The second-order valence-corrected chi connectivity index (χ2v) is 5.49. The molecule has 0 aliphatic heterocycles. The van der Waals surface area contributed by atoms with Crippen LogP contribution in [0.4, 0.5) is 0 Å². The van der Waals surface area contributed by atoms with Crippen molar-refractivity contribution in [3.8, 4) is 5.19 Å². The molecule has 0 aromatic carbocycles. The molecule has 3 rings (SSSR count). The van der Waals surface area contributed by atoms with E-state index in [0.717, 1.165) is 24.0 Å². The van der Waals surface area contributed by atoms with Crippen molar-refractivity contribution < 1.29 is 4.74 Å². The molecule has 2 atom stereocenters. The summed E-state index contributed by atoms with van der Waals surface area (Å²) in [6, 6.07) is 0. The van der Waals surface area contributed by atoms with Gasteiger partial charge in [0.2, 0.25) is 0 Å². The molecular weight excluding hydrogens is 222 g/mol. The number of hydrogen-bond acceptors (Lipinski definition) is 5. The second kappa shape index (κ2) is 4.30. The van der Waals surface area contributed by atoms with Crippen molar-refractivity contribution in [1.82, 2.24) is 9.36 Å². The molecule has 2 fully saturated rings. The van der Waals surface area contributed by atoms with E-state index >= 15 is 0 Å². The first-order chi connectivity index (χ1) is 7.86. The minimum Gasteiger partial charge on any atom is -0.465 e. The third-order valence-electron chi connectivity index (χ3n) is 3.51. The van der Waals surface area contributed by atoms with Crippen LogP contribution in [0.5, 0.6) is 5.19 Å². The molecule has 16 heavy (non-hydrogen) atoms. The van der Waals surface area contributed by atoms with Crippen LogP contribution in [0.2, 0.25) is 0 Å². The lowest BCUT2D eigenvalue weighted by Crippen LogP contribution is -2.27. The van der Waals surface area contributed by atoms with Crippen molar-refractivity contribution in [2.45, 2.75) is 44.1 Å². The predicted octanol–water partition coefficient (Wildman–Crippen LogP) is 1.92. The van der Waals surface area contributed by atoms with E-state index in [1.54, 1.807) is 0 Å². The van der Waals surface area contributed by atoms with Crippen LogP contribution < -0.4 is 10.5 Å². The highest BCUT2D eigenvalue weighted by Crippen LogP contribution is 2.40. The molecule has 1 aromatic rings. The zero-order valence-electron chi connectivity index (χ0n) is 9.26. The molecule has 1 heterocycles. The van der Waals surface area contributed by atoms with Gasteiger partial charge in [0, 0.05) is 23.4 Å². The van der Waals surface area contributed by atoms with Crippen LogP contribution in [0, 0.1) is 5.92 Å². The van der Waals surface area contributed by atoms with Gasteiger partial charge in [-0.05, 0) is 38.6 Å². The maximum Gasteiger partial charge on any atom is 0.293 e. The smallest absolute Gasteiger partial charge is 0.293 e. The number of ether oxygens (including phenoxy) is 1. The van der Waals surface area contributed by atoms with Gasteiger partial charge in [-0.25, -0.2) is 0 Å². The van der Waals surface area contributed by atoms with Crippen LogP contribution in [0.3, 0.4) is 0 Å². The summed E-state index contributed by atoms with van der Waals surface area (Å²) in [5.74, 6) is 2.11. The molecule has 2 unspecified atom stereocenters. The van der Waals surface area contributed by atoms with Gasteiger partial charge in [-0.1, -0.05) is 0 Å². The Morgan fingerprint density at radius 2 is 2.19 bits per heavy atom. The summed E-state index contributed by atoms with van der Waals surface area (Å²) in [7, 11) is 0. The molecule has 2 saturated carbocycles. The Labute approximate surface area is 99.4 Å². The van der Waals surface area contributed by atoms with E-state index in [2.05, 4.69) is 9.36 Å². The Morgan fingerprint density at radius 3 is 2.94 bits per heavy atom. The molecule has 0 saturated heterocycles. The van der Waals surface area contributed by atoms with E-state index in [4.69, 9.17) is 10.5 Å². The zero-order valence-corrected chi connectivity index (χ0v) is 10.1. The van der Waals surface area contributed by atoms with Crippen molar-refractivity contribution in [1.29, 1.82) is 0 Å². The summed E-state index contributed by atoms with van der Waals surface area (Å²) in [4.78, 5) is 4.45. The Bertz CT molecular complexity index is 364. The molecule has 5 heteroatoms. The Hall–Kier alpha value is -0.680. The lowest BCUT2D eigenvalue weighted by Gasteiger charge is -2.17. The summed E-state index contributed by atoms with van der Waals surface area (Å²) in [5.41, 5.74) is 5.73. The van der Waals surface area contributed by atoms with Crippen LogP contribution in [0.1, 0.15) is 43.8 Å². The maximum absolute atomic E-state index is 5.90. The third-order valence-corrected chi connectivity index (χ3v) is 4.13. The van der Waals surface area contributed by atoms with E-state index in [1.165, 1.54) is 37.2 Å². The largest absolute Gasteiger partial charge is 0.465 e. The van der Waals surface area contributed by atoms with E-state index in [1.807, 2.05) is 0 Å². The topological polar surface area (TPSA) is 61.0 Å². The average molecular weight is 239 g/mol. The molecule has 0 bridgehead atoms. The Kier molecular flexibility index (Phi) is 2.81. The molecule has 2 aliphatic carbocycles. The molecule has 4 nitrogen and oxygen atoms in total. The van der Waals surface area contributed by atoms with Gasteiger partial charge in [-0.15, -0.1) is 0 Å². The lowest BCUT2D eigenvalue weighted by atomic mass is 10.1. The van der Waals surface area contributed by atoms with E-state index in [0.29, 0.717) is 11.8 Å². The first-order valence-electron chi connectivity index (χ1n) is 6.07. The van der Waals surface area contributed by atoms with Crippen LogP contribution in [-0.2, 0) is 0 Å². The van der Waals surface area contributed by atoms with E-state index in [-0.39, 0.29) is 6.10 Å². The van der Waals surface area contributed by atoms with Gasteiger partial charge in [0.05, 0.1) is 0 Å². The molecule has 0 spiro atoms. The van der Waals surface area contributed by atoms with Crippen LogP contribution in [0.15, 0.2) is 0 Å². The van der Waals surface area contributed by atoms with Crippen LogP contribution in [0.25, 0.3) is 0 Å². The van der Waals surface area contributed by atoms with Crippen LogP contribution >= 0.6 is 11.5 Å². The maximum atomic E-state index is 5.90. The molecule has 0 amide bonds. The van der Waals surface area contributed by atoms with Gasteiger partial charge in [-0.2, -0.15) is 9.36 Å². The summed E-state index contributed by atoms with van der Waals surface area (Å²) < 4.78 is 10.2. The fourth-order valence-corrected chi connectivity index (χ4v) is 2.99. The second-order valence-electron chi connectivity index (χ2n) is 4.78. The van der Waals surface area contributed by atoms with E-state index in [9.17, 15) is 0 Å². The van der Waals surface area contributed by atoms with Gasteiger partial charge < -0.3 is 10.5 Å². The van der Waals surface area contributed by atoms with Gasteiger partial charge in [-0.3, -0.25) is 0 Å². The zero-order chi connectivity index (χ0) is 11.0. The van der Waals surface area contributed by atoms with Crippen molar-refractivity contribution in [2.75, 3.05) is 6.54 Å². The normalized spacial score (nSPS) is 29.6. The average Bonchev–Trinajstić information content (AvgIpc) is 2.88. The Balaban J connectivity index is 1.63. The van der Waals surface area contributed by atoms with Crippen molar-refractivity contribution >= 4 is 11.5 Å². The first-order valence-corrected chi connectivity index (χ1v) is 6.84.